The number of ether oxygens (including phenoxy) is 1. The Balaban J connectivity index is 2.29. The van der Waals surface area contributed by atoms with Crippen molar-refractivity contribution in [3.05, 3.63) is 17.7 Å². The monoisotopic (exact) mass is 278 g/mol. The molecule has 0 spiro atoms. The Labute approximate surface area is 121 Å². The third kappa shape index (κ3) is 3.10. The van der Waals surface area contributed by atoms with Crippen LogP contribution in [0.5, 0.6) is 0 Å². The maximum Gasteiger partial charge on any atom is 0.131 e. The van der Waals surface area contributed by atoms with Gasteiger partial charge in [0, 0.05) is 26.1 Å². The Morgan fingerprint density at radius 3 is 2.80 bits per heavy atom. The molecule has 5 heteroatoms. The van der Waals surface area contributed by atoms with Crippen LogP contribution in [-0.2, 0) is 11.3 Å². The first kappa shape index (κ1) is 15.2. The highest BCUT2D eigenvalue weighted by Crippen LogP contribution is 2.26. The van der Waals surface area contributed by atoms with Crippen LogP contribution in [0.2, 0.25) is 0 Å². The average molecular weight is 278 g/mol. The Hall–Kier alpha value is -1.20. The van der Waals surface area contributed by atoms with Gasteiger partial charge in [0.15, 0.2) is 0 Å². The van der Waals surface area contributed by atoms with Crippen molar-refractivity contribution in [2.75, 3.05) is 25.6 Å². The van der Waals surface area contributed by atoms with Gasteiger partial charge in [0.05, 0.1) is 29.7 Å². The van der Waals surface area contributed by atoms with E-state index in [-0.39, 0.29) is 6.10 Å². The summed E-state index contributed by atoms with van der Waals surface area (Å²) in [6.07, 6.45) is 3.27. The van der Waals surface area contributed by atoms with E-state index in [2.05, 4.69) is 43.0 Å². The molecule has 2 unspecified atom stereocenters. The summed E-state index contributed by atoms with van der Waals surface area (Å²) in [6.45, 7) is 7.96. The summed E-state index contributed by atoms with van der Waals surface area (Å²) < 4.78 is 5.67. The van der Waals surface area contributed by atoms with E-state index >= 15 is 0 Å². The summed E-state index contributed by atoms with van der Waals surface area (Å²) in [7, 11) is 4.06. The van der Waals surface area contributed by atoms with E-state index in [1.54, 1.807) is 0 Å². The van der Waals surface area contributed by atoms with E-state index in [0.29, 0.717) is 12.0 Å². The third-order valence-corrected chi connectivity index (χ3v) is 3.94. The minimum Gasteiger partial charge on any atom is -0.376 e. The van der Waals surface area contributed by atoms with Gasteiger partial charge < -0.3 is 15.0 Å². The quantitative estimate of drug-likeness (QED) is 0.892. The molecule has 1 aromatic heterocycles. The molecule has 1 saturated heterocycles. The minimum atomic E-state index is 0.257. The van der Waals surface area contributed by atoms with Gasteiger partial charge in [-0.15, -0.1) is 0 Å². The normalized spacial score (nSPS) is 22.5. The van der Waals surface area contributed by atoms with Gasteiger partial charge in [-0.3, -0.25) is 0 Å². The molecule has 1 fully saturated rings. The van der Waals surface area contributed by atoms with Crippen LogP contribution >= 0.6 is 0 Å². The first-order chi connectivity index (χ1) is 9.54. The van der Waals surface area contributed by atoms with Crippen LogP contribution in [0.25, 0.3) is 0 Å². The van der Waals surface area contributed by atoms with Gasteiger partial charge in [-0.1, -0.05) is 13.8 Å². The molecule has 20 heavy (non-hydrogen) atoms. The van der Waals surface area contributed by atoms with Crippen LogP contribution in [0, 0.1) is 0 Å². The van der Waals surface area contributed by atoms with Crippen LogP contribution in [-0.4, -0.2) is 42.8 Å². The average Bonchev–Trinajstić information content (AvgIpc) is 2.84. The highest BCUT2D eigenvalue weighted by Gasteiger charge is 2.29. The standard InChI is InChI=1S/C15H26N4O/c1-10(2)15-17-9-14(12(18-15)8-16-4)19(5)13-6-7-20-11(13)3/h9-11,13,16H,6-8H2,1-5H3. The molecular weight excluding hydrogens is 252 g/mol. The van der Waals surface area contributed by atoms with Gasteiger partial charge in [0.25, 0.3) is 0 Å². The molecule has 0 aromatic carbocycles. The summed E-state index contributed by atoms with van der Waals surface area (Å²) in [5.74, 6) is 1.25. The largest absolute Gasteiger partial charge is 0.376 e. The van der Waals surface area contributed by atoms with Crippen molar-refractivity contribution in [1.82, 2.24) is 15.3 Å². The summed E-state index contributed by atoms with van der Waals surface area (Å²) >= 11 is 0. The van der Waals surface area contributed by atoms with Gasteiger partial charge in [-0.25, -0.2) is 9.97 Å². The van der Waals surface area contributed by atoms with E-state index in [4.69, 9.17) is 9.72 Å². The number of likely N-dealkylation sites (N-methyl/N-ethyl adjacent to an activating group) is 1. The van der Waals surface area contributed by atoms with E-state index in [0.717, 1.165) is 36.8 Å². The lowest BCUT2D eigenvalue weighted by atomic mass is 10.1. The molecule has 0 bridgehead atoms. The molecule has 2 rings (SSSR count). The summed E-state index contributed by atoms with van der Waals surface area (Å²) in [5.41, 5.74) is 2.17. The topological polar surface area (TPSA) is 50.3 Å². The predicted molar refractivity (Wildman–Crippen MR) is 81.1 cm³/mol. The second-order valence-corrected chi connectivity index (χ2v) is 5.79. The second-order valence-electron chi connectivity index (χ2n) is 5.79. The SMILES string of the molecule is CNCc1nc(C(C)C)ncc1N(C)C1CCOC1C. The number of rotatable bonds is 5. The molecule has 0 amide bonds. The van der Waals surface area contributed by atoms with Crippen LogP contribution in [0.3, 0.4) is 0 Å². The molecule has 2 heterocycles. The van der Waals surface area contributed by atoms with Crippen molar-refractivity contribution in [3.63, 3.8) is 0 Å². The van der Waals surface area contributed by atoms with Crippen LogP contribution in [0.1, 0.15) is 44.6 Å². The first-order valence-electron chi connectivity index (χ1n) is 7.39. The van der Waals surface area contributed by atoms with Gasteiger partial charge in [-0.05, 0) is 20.4 Å². The zero-order valence-electron chi connectivity index (χ0n) is 13.2. The third-order valence-electron chi connectivity index (χ3n) is 3.94. The van der Waals surface area contributed by atoms with E-state index in [1.807, 2.05) is 13.2 Å². The number of aromatic nitrogens is 2. The van der Waals surface area contributed by atoms with Crippen molar-refractivity contribution < 1.29 is 4.74 Å². The van der Waals surface area contributed by atoms with Crippen LogP contribution in [0.4, 0.5) is 5.69 Å². The van der Waals surface area contributed by atoms with Crippen molar-refractivity contribution in [1.29, 1.82) is 0 Å². The lowest BCUT2D eigenvalue weighted by molar-refractivity contribution is 0.118. The first-order valence-corrected chi connectivity index (χ1v) is 7.39. The Kier molecular flexibility index (Phi) is 4.94. The second kappa shape index (κ2) is 6.50. The number of hydrogen-bond acceptors (Lipinski definition) is 5. The Morgan fingerprint density at radius 1 is 1.50 bits per heavy atom. The molecule has 1 N–H and O–H groups in total. The van der Waals surface area contributed by atoms with Crippen molar-refractivity contribution in [3.8, 4) is 0 Å². The fourth-order valence-electron chi connectivity index (χ4n) is 2.70. The minimum absolute atomic E-state index is 0.257. The van der Waals surface area contributed by atoms with Crippen molar-refractivity contribution in [2.45, 2.75) is 51.8 Å². The maximum absolute atomic E-state index is 5.67. The van der Waals surface area contributed by atoms with Gasteiger partial charge in [0.1, 0.15) is 5.82 Å². The van der Waals surface area contributed by atoms with Gasteiger partial charge in [0.2, 0.25) is 0 Å². The summed E-state index contributed by atoms with van der Waals surface area (Å²) in [5, 5.41) is 3.20. The van der Waals surface area contributed by atoms with Crippen molar-refractivity contribution in [2.24, 2.45) is 0 Å². The molecular formula is C15H26N4O. The molecule has 1 aromatic rings. The molecule has 112 valence electrons. The van der Waals surface area contributed by atoms with E-state index in [1.165, 1.54) is 0 Å². The number of nitrogens with zero attached hydrogens (tertiary/aromatic N) is 3. The molecule has 0 aliphatic carbocycles. The molecule has 2 atom stereocenters. The molecule has 1 aliphatic heterocycles. The molecule has 1 aliphatic rings. The van der Waals surface area contributed by atoms with E-state index in [9.17, 15) is 0 Å². The fourth-order valence-corrected chi connectivity index (χ4v) is 2.70. The Morgan fingerprint density at radius 2 is 2.25 bits per heavy atom. The summed E-state index contributed by atoms with van der Waals surface area (Å²) in [4.78, 5) is 11.5. The molecule has 0 saturated carbocycles. The summed E-state index contributed by atoms with van der Waals surface area (Å²) in [6, 6.07) is 0.402. The number of anilines is 1. The number of hydrogen-bond donors (Lipinski definition) is 1. The maximum atomic E-state index is 5.67. The highest BCUT2D eigenvalue weighted by molar-refractivity contribution is 5.50. The molecule has 5 nitrogen and oxygen atoms in total. The highest BCUT2D eigenvalue weighted by atomic mass is 16.5. The fraction of sp³-hybridized carbons (Fsp3) is 0.733. The van der Waals surface area contributed by atoms with E-state index < -0.39 is 0 Å². The smallest absolute Gasteiger partial charge is 0.131 e. The van der Waals surface area contributed by atoms with Crippen molar-refractivity contribution >= 4 is 5.69 Å². The van der Waals surface area contributed by atoms with Gasteiger partial charge >= 0.3 is 0 Å². The van der Waals surface area contributed by atoms with Crippen LogP contribution < -0.4 is 10.2 Å². The Bertz CT molecular complexity index is 449. The predicted octanol–water partition coefficient (Wildman–Crippen LogP) is 1.93. The lowest BCUT2D eigenvalue weighted by Gasteiger charge is -2.30. The molecule has 0 radical (unpaired) electrons. The zero-order chi connectivity index (χ0) is 14.7. The van der Waals surface area contributed by atoms with Crippen LogP contribution in [0.15, 0.2) is 6.20 Å². The number of nitrogens with one attached hydrogen (secondary N) is 1. The lowest BCUT2D eigenvalue weighted by Crippen LogP contribution is -2.38. The van der Waals surface area contributed by atoms with Gasteiger partial charge in [-0.2, -0.15) is 0 Å². The zero-order valence-corrected chi connectivity index (χ0v) is 13.2.